The lowest BCUT2D eigenvalue weighted by Gasteiger charge is -2.41. The van der Waals surface area contributed by atoms with Crippen LogP contribution >= 0.6 is 0 Å². The predicted octanol–water partition coefficient (Wildman–Crippen LogP) is 2.49. The molecule has 1 fully saturated rings. The van der Waals surface area contributed by atoms with Crippen LogP contribution in [0.4, 0.5) is 0 Å². The zero-order valence-electron chi connectivity index (χ0n) is 8.32. The summed E-state index contributed by atoms with van der Waals surface area (Å²) in [7, 11) is 0. The molecular weight excluding hydrogens is 172 g/mol. The van der Waals surface area contributed by atoms with Gasteiger partial charge in [0, 0.05) is 0 Å². The quantitative estimate of drug-likeness (QED) is 0.663. The van der Waals surface area contributed by atoms with Crippen LogP contribution in [0, 0.1) is 5.92 Å². The van der Waals surface area contributed by atoms with Gasteiger partial charge in [-0.1, -0.05) is 24.3 Å². The minimum absolute atomic E-state index is 0.0221. The molecule has 74 valence electrons. The van der Waals surface area contributed by atoms with E-state index in [2.05, 4.69) is 24.3 Å². The molecule has 3 atom stereocenters. The number of hydrogen-bond donors (Lipinski definition) is 1. The maximum atomic E-state index is 9.69. The van der Waals surface area contributed by atoms with Crippen molar-refractivity contribution in [1.82, 2.24) is 0 Å². The van der Waals surface area contributed by atoms with Gasteiger partial charge in [0.2, 0.25) is 0 Å². The largest absolute Gasteiger partial charge is 0.393 e. The molecule has 2 aliphatic rings. The molecule has 0 aliphatic heterocycles. The SMILES string of the molecule is OC1CC2c3ccccc3CCCC12. The summed E-state index contributed by atoms with van der Waals surface area (Å²) in [4.78, 5) is 0. The second-order valence-electron chi connectivity index (χ2n) is 4.66. The highest BCUT2D eigenvalue weighted by atomic mass is 16.3. The van der Waals surface area contributed by atoms with Gasteiger partial charge >= 0.3 is 0 Å². The van der Waals surface area contributed by atoms with Gasteiger partial charge in [-0.05, 0) is 48.6 Å². The van der Waals surface area contributed by atoms with E-state index in [1.165, 1.54) is 30.4 Å². The van der Waals surface area contributed by atoms with E-state index in [-0.39, 0.29) is 6.10 Å². The minimum atomic E-state index is -0.0221. The molecule has 1 heteroatoms. The summed E-state index contributed by atoms with van der Waals surface area (Å²) in [5, 5.41) is 9.69. The predicted molar refractivity (Wildman–Crippen MR) is 56.2 cm³/mol. The monoisotopic (exact) mass is 188 g/mol. The van der Waals surface area contributed by atoms with Crippen LogP contribution in [0.1, 0.15) is 36.3 Å². The van der Waals surface area contributed by atoms with Crippen molar-refractivity contribution in [2.75, 3.05) is 0 Å². The van der Waals surface area contributed by atoms with Crippen molar-refractivity contribution in [3.63, 3.8) is 0 Å². The van der Waals surface area contributed by atoms with E-state index < -0.39 is 0 Å². The first kappa shape index (κ1) is 8.49. The Morgan fingerprint density at radius 1 is 1.21 bits per heavy atom. The average molecular weight is 188 g/mol. The summed E-state index contributed by atoms with van der Waals surface area (Å²) in [6.45, 7) is 0. The summed E-state index contributed by atoms with van der Waals surface area (Å²) in [6.07, 6.45) is 4.62. The Bertz CT molecular complexity index is 345. The molecule has 1 aromatic rings. The molecule has 0 bridgehead atoms. The Labute approximate surface area is 84.8 Å². The molecule has 2 aliphatic carbocycles. The summed E-state index contributed by atoms with van der Waals surface area (Å²) in [5.74, 6) is 1.21. The summed E-state index contributed by atoms with van der Waals surface area (Å²) in [5.41, 5.74) is 3.03. The first-order valence-corrected chi connectivity index (χ1v) is 5.62. The number of hydrogen-bond acceptors (Lipinski definition) is 1. The average Bonchev–Trinajstić information content (AvgIpc) is 2.35. The van der Waals surface area contributed by atoms with Crippen LogP contribution in [-0.2, 0) is 6.42 Å². The number of aliphatic hydroxyl groups is 1. The molecule has 1 N–H and O–H groups in total. The topological polar surface area (TPSA) is 20.2 Å². The first-order chi connectivity index (χ1) is 6.86. The fraction of sp³-hybridized carbons (Fsp3) is 0.538. The Morgan fingerprint density at radius 2 is 2.07 bits per heavy atom. The lowest BCUT2D eigenvalue weighted by Crippen LogP contribution is -2.38. The van der Waals surface area contributed by atoms with E-state index in [4.69, 9.17) is 0 Å². The third kappa shape index (κ3) is 1.12. The van der Waals surface area contributed by atoms with Crippen molar-refractivity contribution < 1.29 is 5.11 Å². The van der Waals surface area contributed by atoms with E-state index in [1.54, 1.807) is 0 Å². The molecule has 0 heterocycles. The van der Waals surface area contributed by atoms with Crippen LogP contribution in [0.5, 0.6) is 0 Å². The maximum Gasteiger partial charge on any atom is 0.0580 e. The van der Waals surface area contributed by atoms with Gasteiger partial charge in [0.25, 0.3) is 0 Å². The maximum absolute atomic E-state index is 9.69. The third-order valence-electron chi connectivity index (χ3n) is 3.94. The molecular formula is C13H16O. The fourth-order valence-electron chi connectivity index (χ4n) is 3.09. The second kappa shape index (κ2) is 3.09. The van der Waals surface area contributed by atoms with Gasteiger partial charge in [-0.3, -0.25) is 0 Å². The van der Waals surface area contributed by atoms with E-state index in [0.717, 1.165) is 6.42 Å². The van der Waals surface area contributed by atoms with Crippen LogP contribution in [0.15, 0.2) is 24.3 Å². The second-order valence-corrected chi connectivity index (χ2v) is 4.66. The molecule has 1 saturated carbocycles. The molecule has 0 aromatic heterocycles. The molecule has 0 amide bonds. The number of rotatable bonds is 0. The van der Waals surface area contributed by atoms with Gasteiger partial charge < -0.3 is 5.11 Å². The minimum Gasteiger partial charge on any atom is -0.393 e. The highest BCUT2D eigenvalue weighted by molar-refractivity contribution is 5.34. The van der Waals surface area contributed by atoms with Crippen LogP contribution in [0.2, 0.25) is 0 Å². The summed E-state index contributed by atoms with van der Waals surface area (Å²) >= 11 is 0. The lowest BCUT2D eigenvalue weighted by atomic mass is 9.66. The van der Waals surface area contributed by atoms with Gasteiger partial charge in [0.15, 0.2) is 0 Å². The van der Waals surface area contributed by atoms with Gasteiger partial charge in [-0.15, -0.1) is 0 Å². The van der Waals surface area contributed by atoms with Crippen molar-refractivity contribution in [2.45, 2.75) is 37.7 Å². The number of benzene rings is 1. The van der Waals surface area contributed by atoms with Crippen molar-refractivity contribution in [2.24, 2.45) is 5.92 Å². The van der Waals surface area contributed by atoms with Gasteiger partial charge in [-0.25, -0.2) is 0 Å². The molecule has 3 unspecified atom stereocenters. The highest BCUT2D eigenvalue weighted by Crippen LogP contribution is 2.48. The Kier molecular flexibility index (Phi) is 1.88. The van der Waals surface area contributed by atoms with Gasteiger partial charge in [0.05, 0.1) is 6.10 Å². The molecule has 0 spiro atoms. The smallest absolute Gasteiger partial charge is 0.0580 e. The van der Waals surface area contributed by atoms with Crippen LogP contribution in [0.25, 0.3) is 0 Å². The normalized spacial score (nSPS) is 35.1. The third-order valence-corrected chi connectivity index (χ3v) is 3.94. The molecule has 0 saturated heterocycles. The number of aryl methyl sites for hydroxylation is 1. The summed E-state index contributed by atoms with van der Waals surface area (Å²) in [6, 6.07) is 8.77. The Hall–Kier alpha value is -0.820. The standard InChI is InChI=1S/C13H16O/c14-13-8-12-10-6-2-1-4-9(10)5-3-7-11(12)13/h1-2,4,6,11-14H,3,5,7-8H2. The Morgan fingerprint density at radius 3 is 2.93 bits per heavy atom. The van der Waals surface area contributed by atoms with Gasteiger partial charge in [-0.2, -0.15) is 0 Å². The molecule has 3 rings (SSSR count). The number of fused-ring (bicyclic) bond motifs is 3. The van der Waals surface area contributed by atoms with E-state index in [9.17, 15) is 5.11 Å². The van der Waals surface area contributed by atoms with Crippen molar-refractivity contribution >= 4 is 0 Å². The van der Waals surface area contributed by atoms with Crippen molar-refractivity contribution in [1.29, 1.82) is 0 Å². The molecule has 1 nitrogen and oxygen atoms in total. The molecule has 0 radical (unpaired) electrons. The first-order valence-electron chi connectivity index (χ1n) is 5.62. The zero-order valence-corrected chi connectivity index (χ0v) is 8.32. The lowest BCUT2D eigenvalue weighted by molar-refractivity contribution is -0.00221. The van der Waals surface area contributed by atoms with E-state index in [0.29, 0.717) is 11.8 Å². The molecule has 1 aromatic carbocycles. The van der Waals surface area contributed by atoms with Crippen molar-refractivity contribution in [3.05, 3.63) is 35.4 Å². The Balaban J connectivity index is 2.00. The van der Waals surface area contributed by atoms with E-state index in [1.807, 2.05) is 0 Å². The number of aliphatic hydroxyl groups excluding tert-OH is 1. The van der Waals surface area contributed by atoms with Crippen molar-refractivity contribution in [3.8, 4) is 0 Å². The zero-order chi connectivity index (χ0) is 9.54. The molecule has 14 heavy (non-hydrogen) atoms. The highest BCUT2D eigenvalue weighted by Gasteiger charge is 2.41. The van der Waals surface area contributed by atoms with Crippen LogP contribution in [0.3, 0.4) is 0 Å². The van der Waals surface area contributed by atoms with Crippen LogP contribution < -0.4 is 0 Å². The van der Waals surface area contributed by atoms with Crippen LogP contribution in [-0.4, -0.2) is 11.2 Å². The summed E-state index contributed by atoms with van der Waals surface area (Å²) < 4.78 is 0. The van der Waals surface area contributed by atoms with Gasteiger partial charge in [0.1, 0.15) is 0 Å². The fourth-order valence-corrected chi connectivity index (χ4v) is 3.09. The van der Waals surface area contributed by atoms with E-state index >= 15 is 0 Å².